The van der Waals surface area contributed by atoms with Crippen LogP contribution in [0.4, 0.5) is 0 Å². The molecule has 0 aromatic heterocycles. The van der Waals surface area contributed by atoms with Crippen molar-refractivity contribution in [2.45, 2.75) is 53.9 Å². The largest absolute Gasteiger partial charge is 0.303 e. The van der Waals surface area contributed by atoms with Crippen molar-refractivity contribution in [3.8, 4) is 0 Å². The molecule has 0 bridgehead atoms. The van der Waals surface area contributed by atoms with Crippen molar-refractivity contribution in [1.82, 2.24) is 4.90 Å². The minimum atomic E-state index is 0.483. The zero-order valence-electron chi connectivity index (χ0n) is 10.2. The van der Waals surface area contributed by atoms with Crippen molar-refractivity contribution in [1.29, 1.82) is 0 Å². The van der Waals surface area contributed by atoms with E-state index in [1.807, 2.05) is 13.8 Å². The molecule has 0 amide bonds. The Balaban J connectivity index is 0.000000671. The van der Waals surface area contributed by atoms with Gasteiger partial charge in [-0.25, -0.2) is 0 Å². The van der Waals surface area contributed by atoms with Crippen LogP contribution in [0.5, 0.6) is 0 Å². The average Bonchev–Trinajstić information content (AvgIpc) is 2.07. The third-order valence-electron chi connectivity index (χ3n) is 2.15. The monoisotopic (exact) mass is 185 g/mol. The Kier molecular flexibility index (Phi) is 6.40. The van der Waals surface area contributed by atoms with E-state index in [0.29, 0.717) is 5.41 Å². The lowest BCUT2D eigenvalue weighted by molar-refractivity contribution is 0.164. The third-order valence-corrected chi connectivity index (χ3v) is 2.15. The van der Waals surface area contributed by atoms with Crippen LogP contribution < -0.4 is 0 Å². The summed E-state index contributed by atoms with van der Waals surface area (Å²) in [6.07, 6.45) is 4.27. The second-order valence-electron chi connectivity index (χ2n) is 4.90. The van der Waals surface area contributed by atoms with Crippen LogP contribution in [0.1, 0.15) is 53.9 Å². The molecule has 0 unspecified atom stereocenters. The highest BCUT2D eigenvalue weighted by Crippen LogP contribution is 2.18. The van der Waals surface area contributed by atoms with Crippen LogP contribution in [0.25, 0.3) is 0 Å². The molecule has 0 spiro atoms. The molecular weight excluding hydrogens is 158 g/mol. The number of piperidine rings is 1. The Hall–Kier alpha value is -0.0400. The first kappa shape index (κ1) is 13.0. The molecule has 1 nitrogen and oxygen atoms in total. The van der Waals surface area contributed by atoms with Gasteiger partial charge in [-0.1, -0.05) is 41.0 Å². The van der Waals surface area contributed by atoms with E-state index >= 15 is 0 Å². The van der Waals surface area contributed by atoms with Crippen LogP contribution in [0.2, 0.25) is 0 Å². The second kappa shape index (κ2) is 6.42. The summed E-state index contributed by atoms with van der Waals surface area (Å²) in [5.74, 6) is 0. The minimum Gasteiger partial charge on any atom is -0.303 e. The van der Waals surface area contributed by atoms with E-state index in [1.54, 1.807) is 0 Å². The maximum absolute atomic E-state index is 2.60. The van der Waals surface area contributed by atoms with Gasteiger partial charge in [-0.15, -0.1) is 0 Å². The first-order chi connectivity index (χ1) is 6.08. The van der Waals surface area contributed by atoms with Gasteiger partial charge in [0.25, 0.3) is 0 Å². The third kappa shape index (κ3) is 7.06. The van der Waals surface area contributed by atoms with Crippen LogP contribution >= 0.6 is 0 Å². The van der Waals surface area contributed by atoms with Gasteiger partial charge in [-0.05, 0) is 31.3 Å². The highest BCUT2D eigenvalue weighted by molar-refractivity contribution is 4.71. The van der Waals surface area contributed by atoms with Crippen molar-refractivity contribution in [2.24, 2.45) is 5.41 Å². The van der Waals surface area contributed by atoms with Crippen molar-refractivity contribution >= 4 is 0 Å². The molecule has 0 aromatic rings. The molecule has 0 aliphatic carbocycles. The van der Waals surface area contributed by atoms with Gasteiger partial charge in [0.05, 0.1) is 0 Å². The summed E-state index contributed by atoms with van der Waals surface area (Å²) in [6, 6.07) is 0. The molecule has 1 fully saturated rings. The summed E-state index contributed by atoms with van der Waals surface area (Å²) in [5.41, 5.74) is 0.483. The highest BCUT2D eigenvalue weighted by Gasteiger charge is 2.17. The van der Waals surface area contributed by atoms with Crippen LogP contribution in [-0.4, -0.2) is 24.5 Å². The van der Waals surface area contributed by atoms with Gasteiger partial charge in [0.1, 0.15) is 0 Å². The fourth-order valence-electron chi connectivity index (χ4n) is 1.79. The zero-order chi connectivity index (χ0) is 10.3. The van der Waals surface area contributed by atoms with Crippen LogP contribution in [0, 0.1) is 5.41 Å². The summed E-state index contributed by atoms with van der Waals surface area (Å²) in [7, 11) is 0. The van der Waals surface area contributed by atoms with Crippen molar-refractivity contribution in [2.75, 3.05) is 19.6 Å². The Bertz CT molecular complexity index is 107. The molecule has 1 rings (SSSR count). The fraction of sp³-hybridized carbons (Fsp3) is 1.00. The summed E-state index contributed by atoms with van der Waals surface area (Å²) < 4.78 is 0. The Morgan fingerprint density at radius 2 is 1.38 bits per heavy atom. The van der Waals surface area contributed by atoms with E-state index in [0.717, 1.165) is 0 Å². The molecular formula is C12H27N. The van der Waals surface area contributed by atoms with E-state index in [1.165, 1.54) is 38.9 Å². The number of rotatable bonds is 1. The second-order valence-corrected chi connectivity index (χ2v) is 4.90. The fourth-order valence-corrected chi connectivity index (χ4v) is 1.79. The van der Waals surface area contributed by atoms with Gasteiger partial charge in [0.2, 0.25) is 0 Å². The molecule has 0 radical (unpaired) electrons. The van der Waals surface area contributed by atoms with E-state index in [4.69, 9.17) is 0 Å². The quantitative estimate of drug-likeness (QED) is 0.604. The Morgan fingerprint density at radius 3 is 1.77 bits per heavy atom. The van der Waals surface area contributed by atoms with Crippen molar-refractivity contribution in [3.05, 3.63) is 0 Å². The van der Waals surface area contributed by atoms with E-state index < -0.39 is 0 Å². The SMILES string of the molecule is CC.CC(C)(C)CN1CCCCC1. The average molecular weight is 185 g/mol. The predicted molar refractivity (Wildman–Crippen MR) is 61.1 cm³/mol. The molecule has 1 aliphatic rings. The summed E-state index contributed by atoms with van der Waals surface area (Å²) in [4.78, 5) is 2.60. The van der Waals surface area contributed by atoms with Gasteiger partial charge in [0.15, 0.2) is 0 Å². The van der Waals surface area contributed by atoms with Gasteiger partial charge < -0.3 is 4.90 Å². The molecule has 1 heteroatoms. The summed E-state index contributed by atoms with van der Waals surface area (Å²) in [5, 5.41) is 0. The standard InChI is InChI=1S/C10H21N.C2H6/c1-10(2,3)9-11-7-5-4-6-8-11;1-2/h4-9H2,1-3H3;1-2H3. The van der Waals surface area contributed by atoms with Gasteiger partial charge in [-0.3, -0.25) is 0 Å². The van der Waals surface area contributed by atoms with Gasteiger partial charge >= 0.3 is 0 Å². The molecule has 0 atom stereocenters. The molecule has 1 saturated heterocycles. The summed E-state index contributed by atoms with van der Waals surface area (Å²) in [6.45, 7) is 14.9. The lowest BCUT2D eigenvalue weighted by Crippen LogP contribution is -2.36. The zero-order valence-corrected chi connectivity index (χ0v) is 10.2. The first-order valence-electron chi connectivity index (χ1n) is 5.80. The number of nitrogens with zero attached hydrogens (tertiary/aromatic N) is 1. The number of likely N-dealkylation sites (tertiary alicyclic amines) is 1. The van der Waals surface area contributed by atoms with E-state index in [-0.39, 0.29) is 0 Å². The molecule has 1 aliphatic heterocycles. The first-order valence-corrected chi connectivity index (χ1v) is 5.80. The number of hydrogen-bond donors (Lipinski definition) is 0. The Labute approximate surface area is 84.5 Å². The maximum Gasteiger partial charge on any atom is 0.00300 e. The highest BCUT2D eigenvalue weighted by atomic mass is 15.1. The molecule has 0 N–H and O–H groups in total. The van der Waals surface area contributed by atoms with Gasteiger partial charge in [-0.2, -0.15) is 0 Å². The molecule has 80 valence electrons. The topological polar surface area (TPSA) is 3.24 Å². The minimum absolute atomic E-state index is 0.483. The van der Waals surface area contributed by atoms with Crippen LogP contribution in [-0.2, 0) is 0 Å². The van der Waals surface area contributed by atoms with Gasteiger partial charge in [0, 0.05) is 6.54 Å². The smallest absolute Gasteiger partial charge is 0.00300 e. The lowest BCUT2D eigenvalue weighted by atomic mass is 9.95. The van der Waals surface area contributed by atoms with E-state index in [9.17, 15) is 0 Å². The van der Waals surface area contributed by atoms with Crippen molar-refractivity contribution in [3.63, 3.8) is 0 Å². The van der Waals surface area contributed by atoms with E-state index in [2.05, 4.69) is 25.7 Å². The maximum atomic E-state index is 2.60. The van der Waals surface area contributed by atoms with Crippen LogP contribution in [0.15, 0.2) is 0 Å². The Morgan fingerprint density at radius 1 is 0.923 bits per heavy atom. The normalized spacial score (nSPS) is 19.2. The molecule has 13 heavy (non-hydrogen) atoms. The molecule has 0 saturated carbocycles. The predicted octanol–water partition coefficient (Wildman–Crippen LogP) is 3.54. The summed E-state index contributed by atoms with van der Waals surface area (Å²) >= 11 is 0. The number of hydrogen-bond acceptors (Lipinski definition) is 1. The van der Waals surface area contributed by atoms with Crippen molar-refractivity contribution < 1.29 is 0 Å². The lowest BCUT2D eigenvalue weighted by Gasteiger charge is -2.32. The molecule has 0 aromatic carbocycles. The van der Waals surface area contributed by atoms with Crippen LogP contribution in [0.3, 0.4) is 0 Å². The molecule has 1 heterocycles.